The van der Waals surface area contributed by atoms with Crippen LogP contribution in [0.1, 0.15) is 88.5 Å². The van der Waals surface area contributed by atoms with Crippen LogP contribution in [0.3, 0.4) is 0 Å². The number of aliphatic hydroxyl groups excluding tert-OH is 1. The molecule has 2 aliphatic rings. The number of aromatic hydroxyl groups is 1. The van der Waals surface area contributed by atoms with Crippen molar-refractivity contribution in [3.63, 3.8) is 0 Å². The molecule has 2 aromatic heterocycles. The van der Waals surface area contributed by atoms with Crippen LogP contribution in [0.5, 0.6) is 5.75 Å². The zero-order valence-corrected chi connectivity index (χ0v) is 49.7. The first kappa shape index (κ1) is 68.5. The number of nitrogens with one attached hydrogen (secondary N) is 11. The van der Waals surface area contributed by atoms with E-state index in [1.165, 1.54) is 41.7 Å². The lowest BCUT2D eigenvalue weighted by molar-refractivity contribution is -0.142. The number of fused-ring (bicyclic) bond motifs is 1. The van der Waals surface area contributed by atoms with E-state index in [9.17, 15) is 63.0 Å². The van der Waals surface area contributed by atoms with Crippen LogP contribution in [0.25, 0.3) is 10.9 Å². The van der Waals surface area contributed by atoms with E-state index < -0.39 is 127 Å². The largest absolute Gasteiger partial charge is 0.508 e. The van der Waals surface area contributed by atoms with E-state index in [4.69, 9.17) is 22.9 Å². The van der Waals surface area contributed by atoms with Gasteiger partial charge in [-0.05, 0) is 93.2 Å². The molecule has 0 bridgehead atoms. The third-order valence-electron chi connectivity index (χ3n) is 15.0. The third kappa shape index (κ3) is 20.8. The lowest BCUT2D eigenvalue weighted by Crippen LogP contribution is -2.61. The topological polar surface area (TPSA) is 501 Å². The number of nitrogens with two attached hydrogens (primary N) is 4. The number of carbonyl (C=O) groups is 11. The van der Waals surface area contributed by atoms with Crippen LogP contribution in [0.4, 0.5) is 0 Å². The summed E-state index contributed by atoms with van der Waals surface area (Å²) >= 11 is 0. The van der Waals surface area contributed by atoms with Gasteiger partial charge in [0.15, 0.2) is 5.96 Å². The van der Waals surface area contributed by atoms with Crippen molar-refractivity contribution in [2.24, 2.45) is 33.8 Å². The Bertz CT molecular complexity index is 3150. The second-order valence-electron chi connectivity index (χ2n) is 22.4. The molecule has 89 heavy (non-hydrogen) atoms. The average molecular weight is 1240 g/mol. The molecule has 0 unspecified atom stereocenters. The van der Waals surface area contributed by atoms with Crippen molar-refractivity contribution in [3.8, 4) is 5.75 Å². The number of imidazole rings is 1. The monoisotopic (exact) mass is 1240 g/mol. The molecule has 0 radical (unpaired) electrons. The van der Waals surface area contributed by atoms with Gasteiger partial charge in [-0.15, -0.1) is 0 Å². The van der Waals surface area contributed by atoms with E-state index in [2.05, 4.69) is 67.8 Å². The number of carbonyl (C=O) groups excluding carboxylic acids is 11. The molecule has 31 heteroatoms. The van der Waals surface area contributed by atoms with Gasteiger partial charge in [0.25, 0.3) is 0 Å². The quantitative estimate of drug-likeness (QED) is 0.0120. The highest BCUT2D eigenvalue weighted by molar-refractivity contribution is 6.00. The summed E-state index contributed by atoms with van der Waals surface area (Å²) in [5.41, 5.74) is 24.3. The standard InChI is InChI=1S/C58H82N18O13/c1-31(2)22-41(51(83)70-40(11-6-20-64-58(61)62)57(89)76-21-7-12-46(76)56(88)66-28-47(60)79)71-49(81)38(10-5-19-59)69-52(84)42(23-32-13-15-35(78)16-14-32)72-55(87)45(29-77)75-53(85)43(24-33-26-65-37-9-4-3-8-36(33)37)73-54(86)44(25-34-27-63-30-67-34)74-50(82)39-17-18-48(80)68-39/h3-4,8-9,13-16,26-27,30-31,38-46,65,77-78H,5-7,10-12,17-25,28-29,59H2,1-2H3,(H2,60,79)(H,63,67)(H,66,88)(H,68,80)(H,69,84)(H,70,83)(H,71,81)(H,72,87)(H,73,86)(H,74,82)(H,75,85)(H4,61,62,64)/t38-,39+,40+,41+,42+,43+,44+,45+,46+/m1/s1. The third-order valence-corrected chi connectivity index (χ3v) is 15.0. The molecule has 2 fully saturated rings. The number of aromatic nitrogens is 3. The molecule has 6 rings (SSSR count). The number of aliphatic imine (C=N–C) groups is 1. The smallest absolute Gasteiger partial charge is 0.245 e. The van der Waals surface area contributed by atoms with E-state index in [-0.39, 0.29) is 114 Å². The van der Waals surface area contributed by atoms with Crippen molar-refractivity contribution >= 4 is 81.8 Å². The Labute approximate surface area is 512 Å². The van der Waals surface area contributed by atoms with E-state index >= 15 is 0 Å². The van der Waals surface area contributed by atoms with Crippen LogP contribution in [-0.4, -0.2) is 188 Å². The number of primary amides is 1. The summed E-state index contributed by atoms with van der Waals surface area (Å²) in [6, 6.07) is 0.794. The fraction of sp³-hybridized carbons (Fsp3) is 0.500. The van der Waals surface area contributed by atoms with E-state index in [0.29, 0.717) is 34.1 Å². The molecule has 4 heterocycles. The fourth-order valence-corrected chi connectivity index (χ4v) is 10.4. The number of benzene rings is 2. The predicted molar refractivity (Wildman–Crippen MR) is 322 cm³/mol. The number of aliphatic hydroxyl groups is 1. The lowest BCUT2D eigenvalue weighted by atomic mass is 10.0. The molecule has 9 atom stereocenters. The maximum atomic E-state index is 14.6. The molecule has 482 valence electrons. The maximum absolute atomic E-state index is 14.6. The number of amides is 11. The molecular formula is C58H82N18O13. The first-order chi connectivity index (χ1) is 42.5. The molecule has 11 amide bonds. The van der Waals surface area contributed by atoms with Gasteiger partial charge in [0, 0.05) is 67.8 Å². The van der Waals surface area contributed by atoms with Crippen molar-refractivity contribution in [3.05, 3.63) is 84.1 Å². The summed E-state index contributed by atoms with van der Waals surface area (Å²) in [6.45, 7) is 2.39. The molecule has 0 saturated carbocycles. The zero-order valence-electron chi connectivity index (χ0n) is 49.7. The highest BCUT2D eigenvalue weighted by Crippen LogP contribution is 2.22. The molecular weight excluding hydrogens is 1160 g/mol. The predicted octanol–water partition coefficient (Wildman–Crippen LogP) is -4.28. The number of hydrogen-bond donors (Lipinski definition) is 17. The highest BCUT2D eigenvalue weighted by atomic mass is 16.3. The lowest BCUT2D eigenvalue weighted by Gasteiger charge is -2.30. The Hall–Kier alpha value is -9.65. The Morgan fingerprint density at radius 3 is 1.94 bits per heavy atom. The minimum Gasteiger partial charge on any atom is -0.508 e. The van der Waals surface area contributed by atoms with Gasteiger partial charge in [-0.25, -0.2) is 4.98 Å². The molecule has 4 aromatic rings. The van der Waals surface area contributed by atoms with E-state index in [1.807, 2.05) is 0 Å². The van der Waals surface area contributed by atoms with Crippen LogP contribution in [0.2, 0.25) is 0 Å². The number of likely N-dealkylation sites (tertiary alicyclic amines) is 1. The van der Waals surface area contributed by atoms with Crippen molar-refractivity contribution in [1.82, 2.24) is 67.7 Å². The van der Waals surface area contributed by atoms with Crippen molar-refractivity contribution in [2.45, 2.75) is 145 Å². The first-order valence-corrected chi connectivity index (χ1v) is 29.5. The Morgan fingerprint density at radius 2 is 1.31 bits per heavy atom. The van der Waals surface area contributed by atoms with Crippen LogP contribution in [0, 0.1) is 5.92 Å². The average Bonchev–Trinajstić information content (AvgIpc) is 3.83. The molecule has 2 saturated heterocycles. The summed E-state index contributed by atoms with van der Waals surface area (Å²) < 4.78 is 0. The second kappa shape index (κ2) is 33.5. The summed E-state index contributed by atoms with van der Waals surface area (Å²) in [5.74, 6) is -8.96. The number of guanidine groups is 1. The van der Waals surface area contributed by atoms with Gasteiger partial charge >= 0.3 is 0 Å². The summed E-state index contributed by atoms with van der Waals surface area (Å²) in [4.78, 5) is 166. The number of aromatic amines is 2. The number of phenols is 1. The van der Waals surface area contributed by atoms with Crippen molar-refractivity contribution in [2.75, 3.05) is 32.8 Å². The summed E-state index contributed by atoms with van der Waals surface area (Å²) in [5, 5.41) is 45.2. The summed E-state index contributed by atoms with van der Waals surface area (Å²) in [6.07, 6.45) is 5.22. The number of nitrogens with zero attached hydrogens (tertiary/aromatic N) is 3. The maximum Gasteiger partial charge on any atom is 0.245 e. The number of rotatable bonds is 34. The fourth-order valence-electron chi connectivity index (χ4n) is 10.4. The van der Waals surface area contributed by atoms with E-state index in [0.717, 1.165) is 0 Å². The Morgan fingerprint density at radius 1 is 0.708 bits per heavy atom. The molecule has 0 spiro atoms. The molecule has 31 nitrogen and oxygen atoms in total. The second-order valence-corrected chi connectivity index (χ2v) is 22.4. The van der Waals surface area contributed by atoms with Crippen LogP contribution >= 0.6 is 0 Å². The minimum absolute atomic E-state index is 0.000812. The van der Waals surface area contributed by atoms with Crippen LogP contribution < -0.4 is 70.8 Å². The van der Waals surface area contributed by atoms with Gasteiger partial charge in [-0.3, -0.25) is 57.7 Å². The number of hydrogen-bond acceptors (Lipinski definition) is 16. The van der Waals surface area contributed by atoms with Gasteiger partial charge < -0.3 is 95.9 Å². The number of phenolic OH excluding ortho intramolecular Hbond substituents is 1. The van der Waals surface area contributed by atoms with Gasteiger partial charge in [0.05, 0.1) is 19.5 Å². The Kier molecular flexibility index (Phi) is 25.7. The van der Waals surface area contributed by atoms with Crippen LogP contribution in [-0.2, 0) is 72.0 Å². The van der Waals surface area contributed by atoms with Gasteiger partial charge in [0.2, 0.25) is 65.0 Å². The van der Waals surface area contributed by atoms with Crippen molar-refractivity contribution in [1.29, 1.82) is 0 Å². The first-order valence-electron chi connectivity index (χ1n) is 29.5. The zero-order chi connectivity index (χ0) is 64.7. The van der Waals surface area contributed by atoms with Gasteiger partial charge in [-0.1, -0.05) is 44.2 Å². The highest BCUT2D eigenvalue weighted by Gasteiger charge is 2.40. The molecule has 2 aromatic carbocycles. The molecule has 21 N–H and O–H groups in total. The van der Waals surface area contributed by atoms with E-state index in [1.54, 1.807) is 44.3 Å². The number of para-hydroxylation sites is 1. The van der Waals surface area contributed by atoms with Gasteiger partial charge in [0.1, 0.15) is 60.1 Å². The minimum atomic E-state index is -1.78. The number of H-pyrrole nitrogens is 2. The molecule has 0 aliphatic carbocycles. The normalized spacial score (nSPS) is 16.9. The van der Waals surface area contributed by atoms with Crippen molar-refractivity contribution < 1.29 is 63.0 Å². The molecule has 2 aliphatic heterocycles. The summed E-state index contributed by atoms with van der Waals surface area (Å²) in [7, 11) is 0. The SMILES string of the molecule is CC(C)C[C@H](NC(=O)[C@@H](CCCN)NC(=O)[C@H](Cc1ccc(O)cc1)NC(=O)[C@H](CO)NC(=O)[C@H](Cc1c[nH]c2ccccc12)NC(=O)[C@H](Cc1cnc[nH]1)NC(=O)[C@@H]1CCC(=O)N1)C(=O)N[C@@H](CCCN=C(N)N)C(=O)N1CCC[C@H]1C(=O)NCC(N)=O. The van der Waals surface area contributed by atoms with Crippen LogP contribution in [0.15, 0.2) is 72.2 Å². The Balaban J connectivity index is 1.22. The van der Waals surface area contributed by atoms with Gasteiger partial charge in [-0.2, -0.15) is 0 Å².